The van der Waals surface area contributed by atoms with E-state index >= 15 is 0 Å². The van der Waals surface area contributed by atoms with Crippen molar-refractivity contribution in [2.75, 3.05) is 17.2 Å². The average molecular weight is 278 g/mol. The average Bonchev–Trinajstić information content (AvgIpc) is 2.37. The summed E-state index contributed by atoms with van der Waals surface area (Å²) in [6.07, 6.45) is 0.972. The number of nitrogens with two attached hydrogens (primary N) is 1. The molecular formula is C12H14N4O4. The highest BCUT2D eigenvalue weighted by Gasteiger charge is 2.22. The second-order valence-corrected chi connectivity index (χ2v) is 4.47. The van der Waals surface area contributed by atoms with Crippen LogP contribution in [0.15, 0.2) is 12.1 Å². The van der Waals surface area contributed by atoms with Crippen molar-refractivity contribution in [2.24, 2.45) is 5.73 Å². The molecule has 0 saturated heterocycles. The van der Waals surface area contributed by atoms with E-state index in [2.05, 4.69) is 10.6 Å². The number of carbonyl (C=O) groups excluding carboxylic acids is 2. The van der Waals surface area contributed by atoms with E-state index in [1.807, 2.05) is 0 Å². The van der Waals surface area contributed by atoms with Crippen LogP contribution in [0.5, 0.6) is 0 Å². The molecule has 1 aromatic carbocycles. The van der Waals surface area contributed by atoms with Gasteiger partial charge in [-0.3, -0.25) is 19.7 Å². The number of carbonyl (C=O) groups is 2. The molecular weight excluding hydrogens is 264 g/mol. The van der Waals surface area contributed by atoms with Crippen LogP contribution in [0.4, 0.5) is 17.1 Å². The molecule has 0 bridgehead atoms. The van der Waals surface area contributed by atoms with Gasteiger partial charge < -0.3 is 16.4 Å². The van der Waals surface area contributed by atoms with Gasteiger partial charge in [-0.25, -0.2) is 0 Å². The number of fused-ring (bicyclic) bond motifs is 1. The van der Waals surface area contributed by atoms with Crippen molar-refractivity contribution < 1.29 is 14.5 Å². The third-order valence-electron chi connectivity index (χ3n) is 3.00. The Kier molecular flexibility index (Phi) is 3.83. The Morgan fingerprint density at radius 2 is 2.20 bits per heavy atom. The van der Waals surface area contributed by atoms with Crippen LogP contribution in [0.25, 0.3) is 0 Å². The van der Waals surface area contributed by atoms with Crippen molar-refractivity contribution in [3.8, 4) is 0 Å². The summed E-state index contributed by atoms with van der Waals surface area (Å²) < 4.78 is 0. The van der Waals surface area contributed by atoms with Gasteiger partial charge in [-0.2, -0.15) is 0 Å². The van der Waals surface area contributed by atoms with E-state index < -0.39 is 10.8 Å². The van der Waals surface area contributed by atoms with Gasteiger partial charge >= 0.3 is 0 Å². The predicted molar refractivity (Wildman–Crippen MR) is 72.3 cm³/mol. The summed E-state index contributed by atoms with van der Waals surface area (Å²) in [6, 6.07) is 2.97. The maximum absolute atomic E-state index is 11.3. The third kappa shape index (κ3) is 3.02. The third-order valence-corrected chi connectivity index (χ3v) is 3.00. The van der Waals surface area contributed by atoms with Crippen LogP contribution >= 0.6 is 0 Å². The van der Waals surface area contributed by atoms with Gasteiger partial charge in [-0.05, 0) is 18.1 Å². The van der Waals surface area contributed by atoms with E-state index in [1.165, 1.54) is 6.07 Å². The van der Waals surface area contributed by atoms with Crippen LogP contribution < -0.4 is 16.4 Å². The SMILES string of the molecule is NC(=O)CCNc1cc2c(cc1[N+](=O)[O-])NC(=O)CC2. The van der Waals surface area contributed by atoms with Crippen LogP contribution in [-0.4, -0.2) is 23.3 Å². The first-order valence-corrected chi connectivity index (χ1v) is 6.10. The van der Waals surface area contributed by atoms with Gasteiger partial charge in [0.25, 0.3) is 5.69 Å². The Labute approximate surface area is 114 Å². The molecule has 20 heavy (non-hydrogen) atoms. The molecule has 0 saturated carbocycles. The van der Waals surface area contributed by atoms with Crippen molar-refractivity contribution in [3.63, 3.8) is 0 Å². The number of aryl methyl sites for hydroxylation is 1. The van der Waals surface area contributed by atoms with E-state index in [0.717, 1.165) is 5.56 Å². The topological polar surface area (TPSA) is 127 Å². The number of primary amides is 1. The number of benzene rings is 1. The summed E-state index contributed by atoms with van der Waals surface area (Å²) >= 11 is 0. The molecule has 1 heterocycles. The summed E-state index contributed by atoms with van der Waals surface area (Å²) in [5.41, 5.74) is 6.50. The number of nitro groups is 1. The van der Waals surface area contributed by atoms with Crippen molar-refractivity contribution in [2.45, 2.75) is 19.3 Å². The number of amides is 2. The van der Waals surface area contributed by atoms with Crippen LogP contribution in [-0.2, 0) is 16.0 Å². The quantitative estimate of drug-likeness (QED) is 0.541. The highest BCUT2D eigenvalue weighted by Crippen LogP contribution is 2.34. The van der Waals surface area contributed by atoms with E-state index in [9.17, 15) is 19.7 Å². The normalized spacial score (nSPS) is 13.3. The number of anilines is 2. The standard InChI is InChI=1S/C12H14N4O4/c13-11(17)3-4-14-9-5-7-1-2-12(18)15-8(7)6-10(9)16(19)20/h5-6,14H,1-4H2,(H2,13,17)(H,15,18). The molecule has 1 aromatic rings. The highest BCUT2D eigenvalue weighted by molar-refractivity contribution is 5.95. The summed E-state index contributed by atoms with van der Waals surface area (Å²) in [6.45, 7) is 0.224. The van der Waals surface area contributed by atoms with Gasteiger partial charge in [0.2, 0.25) is 11.8 Å². The van der Waals surface area contributed by atoms with Crippen molar-refractivity contribution >= 4 is 28.9 Å². The smallest absolute Gasteiger partial charge is 0.294 e. The molecule has 0 unspecified atom stereocenters. The molecule has 0 aliphatic carbocycles. The number of nitrogens with one attached hydrogen (secondary N) is 2. The minimum Gasteiger partial charge on any atom is -0.379 e. The lowest BCUT2D eigenvalue weighted by molar-refractivity contribution is -0.383. The fraction of sp³-hybridized carbons (Fsp3) is 0.333. The van der Waals surface area contributed by atoms with Crippen LogP contribution in [0.2, 0.25) is 0 Å². The van der Waals surface area contributed by atoms with E-state index in [1.54, 1.807) is 6.07 Å². The Balaban J connectivity index is 2.27. The zero-order valence-electron chi connectivity index (χ0n) is 10.6. The molecule has 2 amide bonds. The van der Waals surface area contributed by atoms with Crippen molar-refractivity contribution in [1.82, 2.24) is 0 Å². The van der Waals surface area contributed by atoms with Gasteiger partial charge in [0.1, 0.15) is 5.69 Å². The minimum atomic E-state index is -0.534. The summed E-state index contributed by atoms with van der Waals surface area (Å²) in [7, 11) is 0. The first-order chi connectivity index (χ1) is 9.47. The molecule has 8 heteroatoms. The van der Waals surface area contributed by atoms with Gasteiger partial charge in [0.05, 0.1) is 10.6 Å². The maximum atomic E-state index is 11.3. The molecule has 1 aliphatic heterocycles. The largest absolute Gasteiger partial charge is 0.379 e. The molecule has 2 rings (SSSR count). The number of nitro benzene ring substituents is 1. The van der Waals surface area contributed by atoms with E-state index in [0.29, 0.717) is 24.2 Å². The molecule has 0 atom stereocenters. The first-order valence-electron chi connectivity index (χ1n) is 6.10. The number of rotatable bonds is 5. The molecule has 4 N–H and O–H groups in total. The zero-order valence-corrected chi connectivity index (χ0v) is 10.6. The molecule has 8 nitrogen and oxygen atoms in total. The predicted octanol–water partition coefficient (Wildman–Crippen LogP) is 0.767. The lowest BCUT2D eigenvalue weighted by atomic mass is 10.0. The van der Waals surface area contributed by atoms with Gasteiger partial charge in [0.15, 0.2) is 0 Å². The van der Waals surface area contributed by atoms with Gasteiger partial charge in [0, 0.05) is 25.5 Å². The number of nitrogens with zero attached hydrogens (tertiary/aromatic N) is 1. The van der Waals surface area contributed by atoms with Crippen molar-refractivity contribution in [3.05, 3.63) is 27.8 Å². The second-order valence-electron chi connectivity index (χ2n) is 4.47. The maximum Gasteiger partial charge on any atom is 0.294 e. The second kappa shape index (κ2) is 5.55. The summed E-state index contributed by atoms with van der Waals surface area (Å²) in [5, 5.41) is 16.5. The Morgan fingerprint density at radius 1 is 1.45 bits per heavy atom. The van der Waals surface area contributed by atoms with Gasteiger partial charge in [-0.1, -0.05) is 0 Å². The Morgan fingerprint density at radius 3 is 2.85 bits per heavy atom. The van der Waals surface area contributed by atoms with Crippen LogP contribution in [0.1, 0.15) is 18.4 Å². The molecule has 0 radical (unpaired) electrons. The zero-order chi connectivity index (χ0) is 14.7. The van der Waals surface area contributed by atoms with E-state index in [4.69, 9.17) is 5.73 Å². The number of hydrogen-bond acceptors (Lipinski definition) is 5. The minimum absolute atomic E-state index is 0.0883. The highest BCUT2D eigenvalue weighted by atomic mass is 16.6. The fourth-order valence-electron chi connectivity index (χ4n) is 2.03. The van der Waals surface area contributed by atoms with Crippen LogP contribution in [0.3, 0.4) is 0 Å². The lowest BCUT2D eigenvalue weighted by Gasteiger charge is -2.18. The number of hydrogen-bond donors (Lipinski definition) is 3. The lowest BCUT2D eigenvalue weighted by Crippen LogP contribution is -2.20. The molecule has 0 spiro atoms. The van der Waals surface area contributed by atoms with Gasteiger partial charge in [-0.15, -0.1) is 0 Å². The Bertz CT molecular complexity index is 585. The molecule has 0 fully saturated rings. The van der Waals surface area contributed by atoms with Crippen LogP contribution in [0, 0.1) is 10.1 Å². The molecule has 106 valence electrons. The summed E-state index contributed by atoms with van der Waals surface area (Å²) in [4.78, 5) is 32.5. The van der Waals surface area contributed by atoms with Crippen molar-refractivity contribution in [1.29, 1.82) is 0 Å². The molecule has 1 aliphatic rings. The molecule has 0 aromatic heterocycles. The fourth-order valence-corrected chi connectivity index (χ4v) is 2.03. The Hall–Kier alpha value is -2.64. The monoisotopic (exact) mass is 278 g/mol. The van der Waals surface area contributed by atoms with E-state index in [-0.39, 0.29) is 24.6 Å². The summed E-state index contributed by atoms with van der Waals surface area (Å²) in [5.74, 6) is -0.633. The first kappa shape index (κ1) is 13.8.